The first-order chi connectivity index (χ1) is 8.74. The van der Waals surface area contributed by atoms with Gasteiger partial charge < -0.3 is 0 Å². The minimum absolute atomic E-state index is 0.576. The van der Waals surface area contributed by atoms with E-state index >= 15 is 0 Å². The van der Waals surface area contributed by atoms with Gasteiger partial charge in [-0.3, -0.25) is 0 Å². The molecule has 0 saturated heterocycles. The molecule has 0 N–H and O–H groups in total. The van der Waals surface area contributed by atoms with Gasteiger partial charge in [-0.1, -0.05) is 0 Å². The van der Waals surface area contributed by atoms with Gasteiger partial charge in [-0.25, -0.2) is 0 Å². The summed E-state index contributed by atoms with van der Waals surface area (Å²) in [4.78, 5) is 0. The van der Waals surface area contributed by atoms with Crippen molar-refractivity contribution in [2.24, 2.45) is 0 Å². The summed E-state index contributed by atoms with van der Waals surface area (Å²) in [6, 6.07) is 0. The summed E-state index contributed by atoms with van der Waals surface area (Å²) in [7, 11) is -2.93. The fourth-order valence-corrected chi connectivity index (χ4v) is 3.58. The zero-order valence-electron chi connectivity index (χ0n) is 11.9. The third kappa shape index (κ3) is 8.68. The van der Waals surface area contributed by atoms with Crippen LogP contribution >= 0.6 is 20.8 Å². The van der Waals surface area contributed by atoms with Crippen LogP contribution in [-0.2, 0) is 18.1 Å². The molecule has 0 amide bonds. The van der Waals surface area contributed by atoms with Crippen LogP contribution in [0.3, 0.4) is 0 Å². The van der Waals surface area contributed by atoms with Crippen molar-refractivity contribution >= 4 is 20.8 Å². The zero-order valence-corrected chi connectivity index (χ0v) is 13.8. The van der Waals surface area contributed by atoms with E-state index in [2.05, 4.69) is 33.4 Å². The molecule has 0 bridgehead atoms. The van der Waals surface area contributed by atoms with Crippen molar-refractivity contribution in [1.82, 2.24) is 0 Å². The molecule has 0 atom stereocenters. The molecule has 0 rings (SSSR count). The van der Waals surface area contributed by atoms with Gasteiger partial charge in [0, 0.05) is 0 Å². The molecule has 0 aliphatic carbocycles. The molecule has 6 heteroatoms. The van der Waals surface area contributed by atoms with Gasteiger partial charge in [0.25, 0.3) is 0 Å². The van der Waals surface area contributed by atoms with Gasteiger partial charge in [0.15, 0.2) is 0 Å². The van der Waals surface area contributed by atoms with Crippen molar-refractivity contribution in [3.05, 3.63) is 0 Å². The van der Waals surface area contributed by atoms with E-state index in [4.69, 9.17) is 18.1 Å². The molecule has 0 radical (unpaired) electrons. The molecule has 0 aromatic carbocycles. The van der Waals surface area contributed by atoms with Crippen molar-refractivity contribution in [3.63, 3.8) is 0 Å². The normalized spacial score (nSPS) is 12.9. The molecule has 4 nitrogen and oxygen atoms in total. The third-order valence-corrected chi connectivity index (χ3v) is 4.58. The molecule has 0 heterocycles. The van der Waals surface area contributed by atoms with Crippen LogP contribution in [0.1, 0.15) is 46.5 Å². The third-order valence-electron chi connectivity index (χ3n) is 2.03. The molecule has 0 spiro atoms. The fraction of sp³-hybridized carbons (Fsp3) is 1.00. The van der Waals surface area contributed by atoms with E-state index in [-0.39, 0.29) is 0 Å². The Kier molecular flexibility index (Phi) is 13.1. The monoisotopic (exact) mass is 300 g/mol. The van der Waals surface area contributed by atoms with Gasteiger partial charge in [-0.05, 0) is 0 Å². The van der Waals surface area contributed by atoms with Crippen LogP contribution in [0, 0.1) is 0 Å². The quantitative estimate of drug-likeness (QED) is 0.317. The van der Waals surface area contributed by atoms with Crippen LogP contribution in [0.2, 0.25) is 0 Å². The standard InChI is InChI=1S/C12H29O4PS/c1-4-8-13-17(14-9-5-2,15-10-6-3)16-11-7-12-18/h17-18H,4-12H2,1-3H3. The Morgan fingerprint density at radius 3 is 1.44 bits per heavy atom. The Balaban J connectivity index is 4.41. The second-order valence-electron chi connectivity index (χ2n) is 3.97. The first-order valence-electron chi connectivity index (χ1n) is 6.91. The molecule has 18 heavy (non-hydrogen) atoms. The van der Waals surface area contributed by atoms with Crippen LogP contribution < -0.4 is 0 Å². The van der Waals surface area contributed by atoms with Crippen molar-refractivity contribution in [2.75, 3.05) is 32.2 Å². The van der Waals surface area contributed by atoms with Crippen molar-refractivity contribution in [2.45, 2.75) is 46.5 Å². The average molecular weight is 300 g/mol. The summed E-state index contributed by atoms with van der Waals surface area (Å²) in [6.07, 6.45) is 3.65. The van der Waals surface area contributed by atoms with Crippen LogP contribution in [0.25, 0.3) is 0 Å². The van der Waals surface area contributed by atoms with Gasteiger partial charge in [-0.2, -0.15) is 0 Å². The summed E-state index contributed by atoms with van der Waals surface area (Å²) < 4.78 is 23.1. The van der Waals surface area contributed by atoms with Gasteiger partial charge in [0.05, 0.1) is 0 Å². The van der Waals surface area contributed by atoms with Gasteiger partial charge in [0.1, 0.15) is 0 Å². The molecule has 0 fully saturated rings. The summed E-state index contributed by atoms with van der Waals surface area (Å²) in [5.41, 5.74) is 0. The Labute approximate surface area is 118 Å². The number of hydrogen-bond acceptors (Lipinski definition) is 5. The van der Waals surface area contributed by atoms with E-state index in [0.717, 1.165) is 31.4 Å². The first-order valence-corrected chi connectivity index (χ1v) is 9.17. The Hall–Kier alpha value is 0.620. The maximum absolute atomic E-state index is 5.80. The molecule has 0 aliphatic heterocycles. The predicted molar refractivity (Wildman–Crippen MR) is 81.5 cm³/mol. The van der Waals surface area contributed by atoms with Crippen LogP contribution in [0.15, 0.2) is 0 Å². The van der Waals surface area contributed by atoms with Crippen molar-refractivity contribution < 1.29 is 18.1 Å². The Morgan fingerprint density at radius 2 is 1.11 bits per heavy atom. The minimum atomic E-state index is -2.93. The average Bonchev–Trinajstić information content (AvgIpc) is 2.40. The topological polar surface area (TPSA) is 36.9 Å². The number of thiol groups is 1. The summed E-state index contributed by atoms with van der Waals surface area (Å²) >= 11 is 4.18. The molecule has 0 aromatic rings. The molecule has 0 saturated carbocycles. The van der Waals surface area contributed by atoms with Crippen molar-refractivity contribution in [1.29, 1.82) is 0 Å². The van der Waals surface area contributed by atoms with Gasteiger partial charge in [0.2, 0.25) is 0 Å². The molecule has 0 aromatic heterocycles. The molecule has 112 valence electrons. The van der Waals surface area contributed by atoms with Crippen LogP contribution in [0.4, 0.5) is 0 Å². The van der Waals surface area contributed by atoms with E-state index in [1.807, 2.05) is 0 Å². The van der Waals surface area contributed by atoms with E-state index < -0.39 is 8.17 Å². The molecule has 0 unspecified atom stereocenters. The first kappa shape index (κ1) is 18.6. The number of rotatable bonds is 13. The van der Waals surface area contributed by atoms with E-state index in [1.54, 1.807) is 0 Å². The fourth-order valence-electron chi connectivity index (χ4n) is 1.19. The SMILES string of the molecule is CCCO[PH](OCCC)(OCCC)OCCCS. The van der Waals surface area contributed by atoms with Gasteiger partial charge >= 0.3 is 118 Å². The van der Waals surface area contributed by atoms with E-state index in [1.165, 1.54) is 0 Å². The van der Waals surface area contributed by atoms with Crippen LogP contribution in [0.5, 0.6) is 0 Å². The molecule has 0 aliphatic rings. The Morgan fingerprint density at radius 1 is 0.722 bits per heavy atom. The second kappa shape index (κ2) is 12.6. The van der Waals surface area contributed by atoms with Crippen LogP contribution in [-0.4, -0.2) is 32.2 Å². The molecular formula is C12H29O4PS. The second-order valence-corrected chi connectivity index (χ2v) is 6.57. The van der Waals surface area contributed by atoms with Crippen molar-refractivity contribution in [3.8, 4) is 0 Å². The number of hydrogen-bond donors (Lipinski definition) is 1. The maximum atomic E-state index is 5.80. The zero-order chi connectivity index (χ0) is 13.7. The summed E-state index contributed by atoms with van der Waals surface area (Å²) in [5.74, 6) is 0.791. The van der Waals surface area contributed by atoms with E-state index in [0.29, 0.717) is 26.4 Å². The Bertz CT molecular complexity index is 162. The predicted octanol–water partition coefficient (Wildman–Crippen LogP) is 4.01. The molecular weight excluding hydrogens is 271 g/mol. The summed E-state index contributed by atoms with van der Waals surface area (Å²) in [5, 5.41) is 0. The summed E-state index contributed by atoms with van der Waals surface area (Å²) in [6.45, 7) is 8.60. The van der Waals surface area contributed by atoms with E-state index in [9.17, 15) is 0 Å². The van der Waals surface area contributed by atoms with Gasteiger partial charge in [-0.15, -0.1) is 0 Å².